The quantitative estimate of drug-likeness (QED) is 0.0179. The number of unbranched alkanes of at least 4 members (excludes halogenated alkanes) is 12. The zero-order valence-corrected chi connectivity index (χ0v) is 34.1. The van der Waals surface area contributed by atoms with E-state index in [4.69, 9.17) is 18.5 Å². The topological polar surface area (TPSA) is 210 Å². The Hall–Kier alpha value is -2.19. The second-order valence-electron chi connectivity index (χ2n) is 14.1. The molecule has 1 aliphatic carbocycles. The Kier molecular flexibility index (Phi) is 29.4. The van der Waals surface area contributed by atoms with E-state index in [1.165, 1.54) is 38.5 Å². The Morgan fingerprint density at radius 1 is 0.582 bits per heavy atom. The van der Waals surface area contributed by atoms with Crippen LogP contribution in [0, 0.1) is 0 Å². The zero-order chi connectivity index (χ0) is 40.7. The lowest BCUT2D eigenvalue weighted by Crippen LogP contribution is -2.64. The number of allylic oxidation sites excluding steroid dienone is 8. The molecule has 6 unspecified atom stereocenters. The molecule has 0 spiro atoms. The predicted molar refractivity (Wildman–Crippen MR) is 212 cm³/mol. The molecule has 14 heteroatoms. The number of phosphoric acid groups is 1. The summed E-state index contributed by atoms with van der Waals surface area (Å²) >= 11 is 0. The fraction of sp³-hybridized carbons (Fsp3) is 0.756. The molecule has 0 bridgehead atoms. The van der Waals surface area contributed by atoms with Gasteiger partial charge in [0.15, 0.2) is 6.10 Å². The summed E-state index contributed by atoms with van der Waals surface area (Å²) in [5, 5.41) is 50.0. The summed E-state index contributed by atoms with van der Waals surface area (Å²) < 4.78 is 33.3. The van der Waals surface area contributed by atoms with Gasteiger partial charge in [0, 0.05) is 12.8 Å². The average molecular weight is 803 g/mol. The van der Waals surface area contributed by atoms with Crippen LogP contribution in [-0.4, -0.2) is 98.3 Å². The van der Waals surface area contributed by atoms with Gasteiger partial charge < -0.3 is 39.9 Å². The van der Waals surface area contributed by atoms with E-state index < -0.39 is 75.7 Å². The Labute approximate surface area is 329 Å². The first-order valence-electron chi connectivity index (χ1n) is 20.4. The minimum absolute atomic E-state index is 0.0879. The van der Waals surface area contributed by atoms with Gasteiger partial charge in [0.1, 0.15) is 43.2 Å². The number of hydrogen-bond acceptors (Lipinski definition) is 12. The second kappa shape index (κ2) is 31.8. The highest BCUT2D eigenvalue weighted by atomic mass is 31.2. The van der Waals surface area contributed by atoms with Crippen LogP contribution in [0.5, 0.6) is 0 Å². The van der Waals surface area contributed by atoms with Crippen molar-refractivity contribution in [3.05, 3.63) is 48.6 Å². The summed E-state index contributed by atoms with van der Waals surface area (Å²) in [6, 6.07) is 0. The van der Waals surface area contributed by atoms with E-state index in [0.717, 1.165) is 64.2 Å². The fourth-order valence-corrected chi connectivity index (χ4v) is 6.84. The maximum Gasteiger partial charge on any atom is 0.472 e. The van der Waals surface area contributed by atoms with E-state index >= 15 is 0 Å². The molecule has 1 aliphatic rings. The van der Waals surface area contributed by atoms with Crippen LogP contribution in [0.3, 0.4) is 0 Å². The molecule has 1 fully saturated rings. The molecule has 0 saturated heterocycles. The van der Waals surface area contributed by atoms with Crippen molar-refractivity contribution < 1.29 is 63.1 Å². The highest BCUT2D eigenvalue weighted by Gasteiger charge is 2.51. The van der Waals surface area contributed by atoms with Gasteiger partial charge in [-0.25, -0.2) is 4.57 Å². The van der Waals surface area contributed by atoms with Crippen molar-refractivity contribution in [3.63, 3.8) is 0 Å². The van der Waals surface area contributed by atoms with Crippen LogP contribution in [0.1, 0.15) is 142 Å². The summed E-state index contributed by atoms with van der Waals surface area (Å²) in [4.78, 5) is 35.5. The van der Waals surface area contributed by atoms with E-state index in [-0.39, 0.29) is 12.8 Å². The van der Waals surface area contributed by atoms with Crippen molar-refractivity contribution in [2.24, 2.45) is 0 Å². The summed E-state index contributed by atoms with van der Waals surface area (Å²) in [6.45, 7) is 3.10. The van der Waals surface area contributed by atoms with Gasteiger partial charge >= 0.3 is 19.8 Å². The molecule has 0 radical (unpaired) electrons. The number of aliphatic hydroxyl groups is 5. The third kappa shape index (κ3) is 24.9. The maximum atomic E-state index is 12.8. The van der Waals surface area contributed by atoms with E-state index in [1.807, 2.05) is 0 Å². The van der Waals surface area contributed by atoms with Crippen molar-refractivity contribution in [2.45, 2.75) is 185 Å². The van der Waals surface area contributed by atoms with Crippen LogP contribution in [-0.2, 0) is 32.7 Å². The molecule has 6 N–H and O–H groups in total. The number of hydrogen-bond donors (Lipinski definition) is 6. The number of carbonyl (C=O) groups is 2. The highest BCUT2D eigenvalue weighted by molar-refractivity contribution is 7.47. The monoisotopic (exact) mass is 802 g/mol. The molecule has 8 atom stereocenters. The third-order valence-corrected chi connectivity index (χ3v) is 10.2. The molecule has 13 nitrogen and oxygen atoms in total. The number of phosphoric ester groups is 1. The van der Waals surface area contributed by atoms with E-state index in [1.54, 1.807) is 0 Å². The molecule has 0 aromatic rings. The average Bonchev–Trinajstić information content (AvgIpc) is 3.16. The normalized spacial score (nSPS) is 23.6. The van der Waals surface area contributed by atoms with Crippen molar-refractivity contribution in [1.82, 2.24) is 0 Å². The molecule has 0 aromatic carbocycles. The predicted octanol–water partition coefficient (Wildman–Crippen LogP) is 6.83. The summed E-state index contributed by atoms with van der Waals surface area (Å²) in [5.74, 6) is -1.15. The third-order valence-electron chi connectivity index (χ3n) is 9.18. The molecule has 0 aromatic heterocycles. The Morgan fingerprint density at radius 2 is 1.04 bits per heavy atom. The lowest BCUT2D eigenvalue weighted by molar-refractivity contribution is -0.220. The first-order valence-corrected chi connectivity index (χ1v) is 21.9. The summed E-state index contributed by atoms with van der Waals surface area (Å²) in [7, 11) is -5.12. The first kappa shape index (κ1) is 50.8. The minimum atomic E-state index is -5.12. The molecule has 0 amide bonds. The van der Waals surface area contributed by atoms with Crippen molar-refractivity contribution >= 4 is 19.8 Å². The van der Waals surface area contributed by atoms with E-state index in [2.05, 4.69) is 62.5 Å². The van der Waals surface area contributed by atoms with Crippen LogP contribution in [0.4, 0.5) is 0 Å². The number of carbonyl (C=O) groups excluding carboxylic acids is 2. The smallest absolute Gasteiger partial charge is 0.462 e. The van der Waals surface area contributed by atoms with Crippen LogP contribution < -0.4 is 0 Å². The lowest BCUT2D eigenvalue weighted by Gasteiger charge is -2.41. The molecular formula is C41H71O13P. The number of aliphatic hydroxyl groups excluding tert-OH is 5. The van der Waals surface area contributed by atoms with Gasteiger partial charge in [-0.05, 0) is 51.4 Å². The summed E-state index contributed by atoms with van der Waals surface area (Å²) in [5.41, 5.74) is 0. The number of esters is 2. The molecule has 55 heavy (non-hydrogen) atoms. The summed E-state index contributed by atoms with van der Waals surface area (Å²) in [6.07, 6.45) is 21.9. The molecule has 0 aliphatic heterocycles. The highest BCUT2D eigenvalue weighted by Crippen LogP contribution is 2.47. The Morgan fingerprint density at radius 3 is 1.58 bits per heavy atom. The van der Waals surface area contributed by atoms with Crippen LogP contribution in [0.25, 0.3) is 0 Å². The van der Waals surface area contributed by atoms with E-state index in [9.17, 15) is 44.6 Å². The minimum Gasteiger partial charge on any atom is -0.462 e. The number of ether oxygens (including phenoxy) is 2. The van der Waals surface area contributed by atoms with Gasteiger partial charge in [-0.1, -0.05) is 127 Å². The number of rotatable bonds is 32. The Bertz CT molecular complexity index is 1160. The van der Waals surface area contributed by atoms with Gasteiger partial charge in [0.2, 0.25) is 0 Å². The van der Waals surface area contributed by atoms with Gasteiger partial charge in [0.05, 0.1) is 6.61 Å². The molecule has 1 rings (SSSR count). The second-order valence-corrected chi connectivity index (χ2v) is 15.5. The van der Waals surface area contributed by atoms with Gasteiger partial charge in [-0.2, -0.15) is 0 Å². The SMILES string of the molecule is CC/C=C/C/C=C/C/C=C/C/C=C/CCCCC(=O)OC[C@H](COP(=O)(O)OC1C(O)C(O)C(O)[C@@H](O)C1O)OC(=O)CCCCCCCCCCCCC. The Balaban J connectivity index is 2.55. The van der Waals surface area contributed by atoms with Gasteiger partial charge in [0.25, 0.3) is 0 Å². The largest absolute Gasteiger partial charge is 0.472 e. The molecular weight excluding hydrogens is 731 g/mol. The fourth-order valence-electron chi connectivity index (χ4n) is 5.86. The van der Waals surface area contributed by atoms with Crippen molar-refractivity contribution in [3.8, 4) is 0 Å². The maximum absolute atomic E-state index is 12.8. The van der Waals surface area contributed by atoms with Crippen molar-refractivity contribution in [1.29, 1.82) is 0 Å². The zero-order valence-electron chi connectivity index (χ0n) is 33.2. The van der Waals surface area contributed by atoms with Crippen LogP contribution >= 0.6 is 7.82 Å². The molecule has 318 valence electrons. The van der Waals surface area contributed by atoms with E-state index in [0.29, 0.717) is 12.8 Å². The first-order chi connectivity index (χ1) is 26.4. The standard InChI is InChI=1S/C41H71O13P/c1-3-5-7-9-11-13-15-16-17-18-20-21-23-25-27-29-34(42)51-31-33(53-35(43)30-28-26-24-22-19-14-12-10-8-6-4-2)32-52-55(49,50)54-41-39(47)37(45)36(44)38(46)40(41)48/h5,7,11,13,16-17,20-21,33,36-41,44-48H,3-4,6,8-10,12,14-15,18-19,22-32H2,1-2H3,(H,49,50)/b7-5+,13-11+,17-16+,21-20+/t33-,36?,37-,38?,39?,40?,41?/m1/s1. The van der Waals surface area contributed by atoms with Gasteiger partial charge in [-0.3, -0.25) is 18.6 Å². The molecule has 1 saturated carbocycles. The lowest BCUT2D eigenvalue weighted by atomic mass is 9.85. The van der Waals surface area contributed by atoms with Crippen molar-refractivity contribution in [2.75, 3.05) is 13.2 Å². The molecule has 0 heterocycles. The van der Waals surface area contributed by atoms with Crippen LogP contribution in [0.15, 0.2) is 48.6 Å². The van der Waals surface area contributed by atoms with Crippen LogP contribution in [0.2, 0.25) is 0 Å². The van der Waals surface area contributed by atoms with Gasteiger partial charge in [-0.15, -0.1) is 0 Å².